The maximum absolute atomic E-state index is 12.1. The van der Waals surface area contributed by atoms with Gasteiger partial charge in [-0.1, -0.05) is 17.3 Å². The van der Waals surface area contributed by atoms with E-state index in [-0.39, 0.29) is 0 Å². The maximum atomic E-state index is 12.1. The van der Waals surface area contributed by atoms with Gasteiger partial charge in [-0.05, 0) is 32.9 Å². The number of aryl methyl sites for hydroxylation is 2. The second-order valence-corrected chi connectivity index (χ2v) is 5.52. The zero-order valence-corrected chi connectivity index (χ0v) is 14.7. The predicted octanol–water partition coefficient (Wildman–Crippen LogP) is 3.75. The van der Waals surface area contributed by atoms with Gasteiger partial charge < -0.3 is 19.9 Å². The summed E-state index contributed by atoms with van der Waals surface area (Å²) in [5.74, 6) is 2.52. The molecule has 26 heavy (non-hydrogen) atoms. The number of ether oxygens (including phenoxy) is 1. The normalized spacial score (nSPS) is 10.4. The SMILES string of the molecule is CCOC(=O)c1ccccc1Nc1cc(Nc2cc(C)on2)nc(C)n1. The highest BCUT2D eigenvalue weighted by Crippen LogP contribution is 2.23. The molecule has 8 nitrogen and oxygen atoms in total. The molecule has 0 amide bonds. The molecule has 2 aromatic heterocycles. The Balaban J connectivity index is 1.85. The second-order valence-electron chi connectivity index (χ2n) is 5.52. The molecule has 134 valence electrons. The Labute approximate surface area is 150 Å². The highest BCUT2D eigenvalue weighted by Gasteiger charge is 2.13. The van der Waals surface area contributed by atoms with E-state index in [4.69, 9.17) is 9.26 Å². The first-order valence-corrected chi connectivity index (χ1v) is 8.14. The molecule has 0 saturated heterocycles. The van der Waals surface area contributed by atoms with Crippen LogP contribution in [0.5, 0.6) is 0 Å². The Morgan fingerprint density at radius 3 is 2.50 bits per heavy atom. The summed E-state index contributed by atoms with van der Waals surface area (Å²) in [5, 5.41) is 10.1. The number of nitrogens with one attached hydrogen (secondary N) is 2. The average Bonchev–Trinajstić information content (AvgIpc) is 3.00. The van der Waals surface area contributed by atoms with Crippen molar-refractivity contribution in [3.8, 4) is 0 Å². The smallest absolute Gasteiger partial charge is 0.340 e. The van der Waals surface area contributed by atoms with Crippen LogP contribution in [0.15, 0.2) is 40.9 Å². The molecule has 3 rings (SSSR count). The minimum atomic E-state index is -0.391. The molecule has 0 spiro atoms. The van der Waals surface area contributed by atoms with Gasteiger partial charge in [-0.15, -0.1) is 0 Å². The quantitative estimate of drug-likeness (QED) is 0.646. The first-order valence-electron chi connectivity index (χ1n) is 8.14. The van der Waals surface area contributed by atoms with Gasteiger partial charge in [0.1, 0.15) is 23.2 Å². The summed E-state index contributed by atoms with van der Waals surface area (Å²) in [4.78, 5) is 20.8. The van der Waals surface area contributed by atoms with Crippen LogP contribution >= 0.6 is 0 Å². The number of carbonyl (C=O) groups is 1. The fourth-order valence-corrected chi connectivity index (χ4v) is 2.37. The summed E-state index contributed by atoms with van der Waals surface area (Å²) in [6.07, 6.45) is 0. The van der Waals surface area contributed by atoms with E-state index in [9.17, 15) is 4.79 Å². The van der Waals surface area contributed by atoms with Crippen LogP contribution < -0.4 is 10.6 Å². The standard InChI is InChI=1S/C18H19N5O3/c1-4-25-18(24)13-7-5-6-8-14(13)21-15-10-16(20-12(3)19-15)22-17-9-11(2)26-23-17/h5-10H,4H2,1-3H3,(H2,19,20,21,22,23). The topological polar surface area (TPSA) is 102 Å². The van der Waals surface area contributed by atoms with Crippen molar-refractivity contribution in [1.29, 1.82) is 0 Å². The van der Waals surface area contributed by atoms with Gasteiger partial charge in [0.05, 0.1) is 17.9 Å². The van der Waals surface area contributed by atoms with Crippen molar-refractivity contribution in [2.45, 2.75) is 20.8 Å². The van der Waals surface area contributed by atoms with E-state index in [1.807, 2.05) is 13.0 Å². The highest BCUT2D eigenvalue weighted by atomic mass is 16.5. The van der Waals surface area contributed by atoms with Crippen LogP contribution in [0.4, 0.5) is 23.1 Å². The van der Waals surface area contributed by atoms with Gasteiger partial charge in [0.2, 0.25) is 0 Å². The molecule has 0 atom stereocenters. The van der Waals surface area contributed by atoms with Crippen LogP contribution in [-0.4, -0.2) is 27.7 Å². The Hall–Kier alpha value is -3.42. The number of hydrogen-bond donors (Lipinski definition) is 2. The zero-order valence-electron chi connectivity index (χ0n) is 14.7. The number of rotatable bonds is 6. The molecule has 3 aromatic rings. The van der Waals surface area contributed by atoms with Gasteiger partial charge in [0.25, 0.3) is 0 Å². The lowest BCUT2D eigenvalue weighted by molar-refractivity contribution is 0.0527. The van der Waals surface area contributed by atoms with E-state index in [0.29, 0.717) is 46.9 Å². The van der Waals surface area contributed by atoms with Crippen LogP contribution in [0.25, 0.3) is 0 Å². The molecule has 0 saturated carbocycles. The molecule has 0 aliphatic carbocycles. The number of para-hydroxylation sites is 1. The molecule has 8 heteroatoms. The third-order valence-corrected chi connectivity index (χ3v) is 3.41. The Morgan fingerprint density at radius 1 is 1.08 bits per heavy atom. The molecule has 0 radical (unpaired) electrons. The van der Waals surface area contributed by atoms with E-state index in [0.717, 1.165) is 0 Å². The van der Waals surface area contributed by atoms with Crippen LogP contribution in [0.2, 0.25) is 0 Å². The first kappa shape index (κ1) is 17.4. The predicted molar refractivity (Wildman–Crippen MR) is 97.0 cm³/mol. The van der Waals surface area contributed by atoms with Crippen molar-refractivity contribution in [3.63, 3.8) is 0 Å². The molecule has 1 aromatic carbocycles. The molecule has 0 fully saturated rings. The molecule has 2 heterocycles. The van der Waals surface area contributed by atoms with Crippen molar-refractivity contribution in [2.75, 3.05) is 17.2 Å². The van der Waals surface area contributed by atoms with Gasteiger partial charge >= 0.3 is 5.97 Å². The monoisotopic (exact) mass is 353 g/mol. The summed E-state index contributed by atoms with van der Waals surface area (Å²) in [6.45, 7) is 5.67. The summed E-state index contributed by atoms with van der Waals surface area (Å²) in [7, 11) is 0. The minimum absolute atomic E-state index is 0.310. The number of carbonyl (C=O) groups excluding carboxylic acids is 1. The molecule has 0 aliphatic heterocycles. The van der Waals surface area contributed by atoms with E-state index < -0.39 is 5.97 Å². The molecule has 2 N–H and O–H groups in total. The minimum Gasteiger partial charge on any atom is -0.462 e. The number of benzene rings is 1. The first-order chi connectivity index (χ1) is 12.5. The Kier molecular flexibility index (Phi) is 5.12. The lowest BCUT2D eigenvalue weighted by Crippen LogP contribution is -2.09. The highest BCUT2D eigenvalue weighted by molar-refractivity contribution is 5.96. The lowest BCUT2D eigenvalue weighted by Gasteiger charge is -2.12. The van der Waals surface area contributed by atoms with Gasteiger partial charge in [-0.2, -0.15) is 0 Å². The fraction of sp³-hybridized carbons (Fsp3) is 0.222. The molecular formula is C18H19N5O3. The summed E-state index contributed by atoms with van der Waals surface area (Å²) in [6, 6.07) is 10.6. The number of hydrogen-bond acceptors (Lipinski definition) is 8. The van der Waals surface area contributed by atoms with Gasteiger partial charge in [0, 0.05) is 12.1 Å². The molecule has 0 aliphatic rings. The van der Waals surface area contributed by atoms with E-state index in [1.54, 1.807) is 44.2 Å². The van der Waals surface area contributed by atoms with Crippen molar-refractivity contribution in [2.24, 2.45) is 0 Å². The zero-order chi connectivity index (χ0) is 18.5. The van der Waals surface area contributed by atoms with E-state index in [1.165, 1.54) is 0 Å². The van der Waals surface area contributed by atoms with Gasteiger partial charge in [-0.3, -0.25) is 0 Å². The Morgan fingerprint density at radius 2 is 1.81 bits per heavy atom. The van der Waals surface area contributed by atoms with Crippen molar-refractivity contribution < 1.29 is 14.1 Å². The molecule has 0 bridgehead atoms. The maximum Gasteiger partial charge on any atom is 0.340 e. The lowest BCUT2D eigenvalue weighted by atomic mass is 10.2. The largest absolute Gasteiger partial charge is 0.462 e. The van der Waals surface area contributed by atoms with E-state index >= 15 is 0 Å². The van der Waals surface area contributed by atoms with Crippen LogP contribution in [0.3, 0.4) is 0 Å². The van der Waals surface area contributed by atoms with Gasteiger partial charge in [-0.25, -0.2) is 14.8 Å². The fourth-order valence-electron chi connectivity index (χ4n) is 2.37. The summed E-state index contributed by atoms with van der Waals surface area (Å²) >= 11 is 0. The van der Waals surface area contributed by atoms with Crippen molar-refractivity contribution in [1.82, 2.24) is 15.1 Å². The number of aromatic nitrogens is 3. The molecular weight excluding hydrogens is 334 g/mol. The second kappa shape index (κ2) is 7.64. The molecule has 0 unspecified atom stereocenters. The van der Waals surface area contributed by atoms with Crippen LogP contribution in [0.1, 0.15) is 28.9 Å². The average molecular weight is 353 g/mol. The summed E-state index contributed by atoms with van der Waals surface area (Å²) < 4.78 is 10.1. The third-order valence-electron chi connectivity index (χ3n) is 3.41. The van der Waals surface area contributed by atoms with Crippen molar-refractivity contribution >= 4 is 29.1 Å². The number of esters is 1. The number of anilines is 4. The third kappa shape index (κ3) is 4.15. The summed E-state index contributed by atoms with van der Waals surface area (Å²) in [5.41, 5.74) is 1.04. The van der Waals surface area contributed by atoms with Crippen LogP contribution in [0, 0.1) is 13.8 Å². The van der Waals surface area contributed by atoms with Gasteiger partial charge in [0.15, 0.2) is 5.82 Å². The van der Waals surface area contributed by atoms with Crippen LogP contribution in [-0.2, 0) is 4.74 Å². The van der Waals surface area contributed by atoms with E-state index in [2.05, 4.69) is 25.8 Å². The Bertz CT molecular complexity index is 923. The van der Waals surface area contributed by atoms with Crippen molar-refractivity contribution in [3.05, 3.63) is 53.5 Å². The number of nitrogens with zero attached hydrogens (tertiary/aromatic N) is 3.